The minimum absolute atomic E-state index is 0.0659. The number of thioether (sulfide) groups is 1. The van der Waals surface area contributed by atoms with E-state index in [-0.39, 0.29) is 21.6 Å². The number of carbonyl (C=O) groups excluding carboxylic acids is 1. The minimum atomic E-state index is -1.10. The van der Waals surface area contributed by atoms with Crippen molar-refractivity contribution >= 4 is 73.8 Å². The van der Waals surface area contributed by atoms with Gasteiger partial charge in [-0.3, -0.25) is 14.9 Å². The number of nitrogens with zero attached hydrogens (tertiary/aromatic N) is 2. The lowest BCUT2D eigenvalue weighted by Crippen LogP contribution is -2.19. The Hall–Kier alpha value is -2.89. The molecule has 1 aliphatic rings. The van der Waals surface area contributed by atoms with Gasteiger partial charge in [0, 0.05) is 11.1 Å². The molecule has 0 spiro atoms. The quantitative estimate of drug-likeness (QED) is 0.334. The Kier molecular flexibility index (Phi) is 6.75. The van der Waals surface area contributed by atoms with Crippen LogP contribution in [0.3, 0.4) is 0 Å². The van der Waals surface area contributed by atoms with Crippen LogP contribution in [0.2, 0.25) is 5.02 Å². The first kappa shape index (κ1) is 21.8. The third-order valence-electron chi connectivity index (χ3n) is 3.61. The van der Waals surface area contributed by atoms with E-state index < -0.39 is 23.4 Å². The van der Waals surface area contributed by atoms with E-state index in [2.05, 4.69) is 26.2 Å². The second-order valence-electron chi connectivity index (χ2n) is 5.74. The minimum Gasteiger partial charge on any atom is -0.481 e. The van der Waals surface area contributed by atoms with Crippen molar-refractivity contribution < 1.29 is 24.4 Å². The number of nitro benzene ring substituents is 1. The highest BCUT2D eigenvalue weighted by Crippen LogP contribution is 2.34. The van der Waals surface area contributed by atoms with Crippen molar-refractivity contribution in [2.24, 2.45) is 4.99 Å². The fraction of sp³-hybridized carbons (Fsp3) is 0.0556. The summed E-state index contributed by atoms with van der Waals surface area (Å²) in [6, 6.07) is 8.94. The first-order valence-electron chi connectivity index (χ1n) is 8.10. The number of hydrogen-bond acceptors (Lipinski definition) is 7. The van der Waals surface area contributed by atoms with Crippen LogP contribution in [-0.4, -0.2) is 33.7 Å². The molecule has 0 bridgehead atoms. The van der Waals surface area contributed by atoms with Crippen molar-refractivity contribution in [1.82, 2.24) is 5.32 Å². The van der Waals surface area contributed by atoms with Crippen LogP contribution in [-0.2, 0) is 9.59 Å². The summed E-state index contributed by atoms with van der Waals surface area (Å²) in [7, 11) is 0. The molecule has 0 atom stereocenters. The van der Waals surface area contributed by atoms with Crippen molar-refractivity contribution in [2.45, 2.75) is 0 Å². The number of aliphatic carboxylic acids is 1. The Labute approximate surface area is 187 Å². The molecule has 0 aromatic heterocycles. The Morgan fingerprint density at radius 2 is 2.13 bits per heavy atom. The zero-order valence-corrected chi connectivity index (χ0v) is 18.0. The first-order chi connectivity index (χ1) is 14.2. The van der Waals surface area contributed by atoms with Crippen molar-refractivity contribution in [3.63, 3.8) is 0 Å². The van der Waals surface area contributed by atoms with Crippen LogP contribution in [0.25, 0.3) is 6.08 Å². The van der Waals surface area contributed by atoms with E-state index >= 15 is 0 Å². The molecule has 9 nitrogen and oxygen atoms in total. The Bertz CT molecular complexity index is 1120. The normalized spacial score (nSPS) is 16.0. The van der Waals surface area contributed by atoms with Crippen LogP contribution in [0.1, 0.15) is 5.56 Å². The van der Waals surface area contributed by atoms with Crippen LogP contribution >= 0.6 is 39.3 Å². The zero-order valence-electron chi connectivity index (χ0n) is 14.8. The highest BCUT2D eigenvalue weighted by Gasteiger charge is 2.25. The summed E-state index contributed by atoms with van der Waals surface area (Å²) in [6.45, 7) is -0.478. The van der Waals surface area contributed by atoms with Gasteiger partial charge in [0.25, 0.3) is 11.6 Å². The largest absolute Gasteiger partial charge is 0.481 e. The van der Waals surface area contributed by atoms with Crippen LogP contribution in [0, 0.1) is 10.1 Å². The molecule has 1 aliphatic heterocycles. The fourth-order valence-electron chi connectivity index (χ4n) is 2.34. The molecule has 2 aromatic carbocycles. The lowest BCUT2D eigenvalue weighted by molar-refractivity contribution is -0.384. The van der Waals surface area contributed by atoms with Crippen molar-refractivity contribution in [1.29, 1.82) is 0 Å². The number of nitrogens with one attached hydrogen (secondary N) is 1. The molecule has 0 unspecified atom stereocenters. The van der Waals surface area contributed by atoms with Crippen LogP contribution in [0.5, 0.6) is 5.75 Å². The number of ether oxygens (including phenoxy) is 1. The van der Waals surface area contributed by atoms with Crippen molar-refractivity contribution in [3.8, 4) is 5.75 Å². The number of halogens is 2. The van der Waals surface area contributed by atoms with Gasteiger partial charge in [0.1, 0.15) is 11.4 Å². The number of aliphatic imine (C=N–C) groups is 1. The van der Waals surface area contributed by atoms with E-state index in [0.29, 0.717) is 20.7 Å². The molecule has 0 saturated carbocycles. The highest BCUT2D eigenvalue weighted by atomic mass is 79.9. The Morgan fingerprint density at radius 1 is 1.37 bits per heavy atom. The van der Waals surface area contributed by atoms with E-state index in [9.17, 15) is 19.7 Å². The van der Waals surface area contributed by atoms with Gasteiger partial charge >= 0.3 is 5.97 Å². The lowest BCUT2D eigenvalue weighted by atomic mass is 10.2. The zero-order chi connectivity index (χ0) is 21.8. The summed E-state index contributed by atoms with van der Waals surface area (Å²) in [6.07, 6.45) is 1.60. The number of carbonyl (C=O) groups is 2. The van der Waals surface area contributed by atoms with Gasteiger partial charge in [-0.2, -0.15) is 0 Å². The lowest BCUT2D eigenvalue weighted by Gasteiger charge is -2.06. The molecule has 0 aliphatic carbocycles. The number of benzene rings is 2. The molecule has 3 rings (SSSR count). The topological polar surface area (TPSA) is 131 Å². The van der Waals surface area contributed by atoms with E-state index in [1.54, 1.807) is 24.3 Å². The SMILES string of the molecule is O=C(O)COc1ccc(/C=C2/SC(=Nc3ccc(Cl)cc3[N+](=O)[O-])NC2=O)cc1Br. The van der Waals surface area contributed by atoms with Gasteiger partial charge in [-0.15, -0.1) is 0 Å². The summed E-state index contributed by atoms with van der Waals surface area (Å²) >= 11 is 10.1. The molecule has 2 aromatic rings. The molecular weight excluding hydrogens is 502 g/mol. The van der Waals surface area contributed by atoms with Gasteiger partial charge in [-0.1, -0.05) is 17.7 Å². The Balaban J connectivity index is 1.82. The van der Waals surface area contributed by atoms with E-state index in [1.165, 1.54) is 18.2 Å². The fourth-order valence-corrected chi connectivity index (χ4v) is 3.85. The third-order valence-corrected chi connectivity index (χ3v) is 5.38. The maximum absolute atomic E-state index is 12.2. The molecule has 154 valence electrons. The standard InChI is InChI=1S/C18H11BrClN3O6S/c19-11-5-9(1-4-14(11)29-8-16(24)25)6-15-17(26)22-18(30-15)21-12-3-2-10(20)7-13(12)23(27)28/h1-7H,8H2,(H,24,25)(H,21,22,26)/b15-6+. The van der Waals surface area contributed by atoms with Crippen molar-refractivity contribution in [3.05, 3.63) is 66.5 Å². The molecule has 1 saturated heterocycles. The van der Waals surface area contributed by atoms with Gasteiger partial charge in [-0.05, 0) is 63.6 Å². The molecule has 12 heteroatoms. The van der Waals surface area contributed by atoms with Gasteiger partial charge < -0.3 is 15.2 Å². The van der Waals surface area contributed by atoms with Gasteiger partial charge in [-0.25, -0.2) is 9.79 Å². The third kappa shape index (κ3) is 5.38. The summed E-state index contributed by atoms with van der Waals surface area (Å²) < 4.78 is 5.65. The second kappa shape index (κ2) is 9.28. The number of amidine groups is 1. The molecule has 1 amide bonds. The van der Waals surface area contributed by atoms with Gasteiger partial charge in [0.05, 0.1) is 14.3 Å². The number of nitro groups is 1. The molecule has 1 fully saturated rings. The summed E-state index contributed by atoms with van der Waals surface area (Å²) in [4.78, 5) is 37.9. The molecule has 0 radical (unpaired) electrons. The predicted molar refractivity (Wildman–Crippen MR) is 116 cm³/mol. The number of carboxylic acids is 1. The summed E-state index contributed by atoms with van der Waals surface area (Å²) in [5.74, 6) is -1.15. The molecule has 2 N–H and O–H groups in total. The van der Waals surface area contributed by atoms with E-state index in [0.717, 1.165) is 11.8 Å². The highest BCUT2D eigenvalue weighted by molar-refractivity contribution is 9.10. The number of amides is 1. The van der Waals surface area contributed by atoms with E-state index in [1.807, 2.05) is 0 Å². The smallest absolute Gasteiger partial charge is 0.341 e. The van der Waals surface area contributed by atoms with Crippen LogP contribution < -0.4 is 10.1 Å². The second-order valence-corrected chi connectivity index (χ2v) is 8.07. The van der Waals surface area contributed by atoms with E-state index in [4.69, 9.17) is 21.4 Å². The Morgan fingerprint density at radius 3 is 2.80 bits per heavy atom. The van der Waals surface area contributed by atoms with Gasteiger partial charge in [0.2, 0.25) is 0 Å². The predicted octanol–water partition coefficient (Wildman–Crippen LogP) is 4.37. The average molecular weight is 513 g/mol. The molecule has 30 heavy (non-hydrogen) atoms. The molecular formula is C18H11BrClN3O6S. The van der Waals surface area contributed by atoms with Crippen LogP contribution in [0.15, 0.2) is 50.8 Å². The number of carboxylic acid groups (broad SMARTS) is 1. The average Bonchev–Trinajstić information content (AvgIpc) is 3.01. The van der Waals surface area contributed by atoms with Crippen molar-refractivity contribution in [2.75, 3.05) is 6.61 Å². The van der Waals surface area contributed by atoms with Crippen LogP contribution in [0.4, 0.5) is 11.4 Å². The first-order valence-corrected chi connectivity index (χ1v) is 10.1. The summed E-state index contributed by atoms with van der Waals surface area (Å²) in [5, 5.41) is 22.8. The maximum Gasteiger partial charge on any atom is 0.341 e. The summed E-state index contributed by atoms with van der Waals surface area (Å²) in [5.41, 5.74) is 0.445. The number of rotatable bonds is 6. The molecule has 1 heterocycles. The monoisotopic (exact) mass is 511 g/mol. The maximum atomic E-state index is 12.2. The number of hydrogen-bond donors (Lipinski definition) is 2. The van der Waals surface area contributed by atoms with Gasteiger partial charge in [0.15, 0.2) is 11.8 Å².